The van der Waals surface area contributed by atoms with Crippen molar-refractivity contribution in [3.63, 3.8) is 0 Å². The van der Waals surface area contributed by atoms with Gasteiger partial charge in [0.2, 0.25) is 0 Å². The number of hydrogen-bond acceptors (Lipinski definition) is 1. The molecule has 15 heavy (non-hydrogen) atoms. The van der Waals surface area contributed by atoms with Crippen molar-refractivity contribution >= 4 is 0 Å². The molecule has 0 heterocycles. The first kappa shape index (κ1) is 10.7. The lowest BCUT2D eigenvalue weighted by atomic mass is 9.82. The van der Waals surface area contributed by atoms with Crippen LogP contribution in [0.2, 0.25) is 0 Å². The lowest BCUT2D eigenvalue weighted by Crippen LogP contribution is -2.29. The van der Waals surface area contributed by atoms with Crippen molar-refractivity contribution in [2.75, 3.05) is 0 Å². The molecule has 0 radical (unpaired) electrons. The highest BCUT2D eigenvalue weighted by molar-refractivity contribution is 5.28. The molecule has 1 heteroatoms. The lowest BCUT2D eigenvalue weighted by Gasteiger charge is -2.30. The van der Waals surface area contributed by atoms with Crippen molar-refractivity contribution in [2.45, 2.75) is 45.1 Å². The second-order valence-electron chi connectivity index (χ2n) is 4.79. The van der Waals surface area contributed by atoms with Gasteiger partial charge in [0.25, 0.3) is 0 Å². The van der Waals surface area contributed by atoms with Crippen LogP contribution in [0.5, 0.6) is 0 Å². The minimum Gasteiger partial charge on any atom is -0.385 e. The highest BCUT2D eigenvalue weighted by Gasteiger charge is 2.41. The van der Waals surface area contributed by atoms with Crippen LogP contribution in [0.4, 0.5) is 0 Å². The van der Waals surface area contributed by atoms with Gasteiger partial charge < -0.3 is 5.11 Å². The second kappa shape index (κ2) is 3.97. The molecule has 1 aromatic rings. The van der Waals surface area contributed by atoms with E-state index in [1.165, 1.54) is 12.0 Å². The Morgan fingerprint density at radius 3 is 2.60 bits per heavy atom. The van der Waals surface area contributed by atoms with Gasteiger partial charge >= 0.3 is 0 Å². The van der Waals surface area contributed by atoms with Gasteiger partial charge in [0.15, 0.2) is 0 Å². The maximum Gasteiger partial charge on any atom is 0.0924 e. The van der Waals surface area contributed by atoms with E-state index in [4.69, 9.17) is 0 Å². The molecule has 0 aliphatic heterocycles. The van der Waals surface area contributed by atoms with E-state index in [9.17, 15) is 5.11 Å². The quantitative estimate of drug-likeness (QED) is 0.783. The van der Waals surface area contributed by atoms with Crippen molar-refractivity contribution in [3.8, 4) is 0 Å². The fourth-order valence-corrected chi connectivity index (χ4v) is 2.82. The Hall–Kier alpha value is -0.820. The normalized spacial score (nSPS) is 30.7. The Kier molecular flexibility index (Phi) is 2.83. The first-order valence-corrected chi connectivity index (χ1v) is 5.96. The van der Waals surface area contributed by atoms with Crippen molar-refractivity contribution in [1.82, 2.24) is 0 Å². The molecule has 82 valence electrons. The third kappa shape index (κ3) is 1.81. The van der Waals surface area contributed by atoms with Crippen LogP contribution in [0.15, 0.2) is 24.3 Å². The predicted octanol–water partition coefficient (Wildman–Crippen LogP) is 3.39. The Morgan fingerprint density at radius 2 is 2.00 bits per heavy atom. The summed E-state index contributed by atoms with van der Waals surface area (Å²) in [6.45, 7) is 4.26. The monoisotopic (exact) mass is 204 g/mol. The molecule has 1 saturated carbocycles. The Labute approximate surface area is 92.1 Å². The van der Waals surface area contributed by atoms with E-state index < -0.39 is 5.60 Å². The number of aliphatic hydroxyl groups is 1. The van der Waals surface area contributed by atoms with Gasteiger partial charge in [-0.1, -0.05) is 43.2 Å². The third-order valence-electron chi connectivity index (χ3n) is 3.83. The van der Waals surface area contributed by atoms with Gasteiger partial charge in [-0.15, -0.1) is 0 Å². The Bertz CT molecular complexity index is 328. The summed E-state index contributed by atoms with van der Waals surface area (Å²) in [5.74, 6) is 0.445. The number of hydrogen-bond donors (Lipinski definition) is 1. The van der Waals surface area contributed by atoms with E-state index >= 15 is 0 Å². The number of aryl methyl sites for hydroxylation is 1. The zero-order chi connectivity index (χ0) is 10.9. The molecule has 0 spiro atoms. The van der Waals surface area contributed by atoms with Crippen molar-refractivity contribution in [2.24, 2.45) is 5.92 Å². The van der Waals surface area contributed by atoms with Gasteiger partial charge in [-0.05, 0) is 37.7 Å². The molecular weight excluding hydrogens is 184 g/mol. The molecular formula is C14H20O. The molecule has 1 fully saturated rings. The molecule has 1 aliphatic carbocycles. The zero-order valence-electron chi connectivity index (χ0n) is 9.66. The molecule has 0 bridgehead atoms. The minimum absolute atomic E-state index is 0.445. The molecule has 0 amide bonds. The summed E-state index contributed by atoms with van der Waals surface area (Å²) in [6, 6.07) is 8.36. The average Bonchev–Trinajstić information content (AvgIpc) is 2.61. The largest absolute Gasteiger partial charge is 0.385 e. The van der Waals surface area contributed by atoms with E-state index in [0.29, 0.717) is 5.92 Å². The van der Waals surface area contributed by atoms with Crippen LogP contribution in [0.1, 0.15) is 43.7 Å². The van der Waals surface area contributed by atoms with E-state index in [1.807, 2.05) is 0 Å². The summed E-state index contributed by atoms with van der Waals surface area (Å²) in [5, 5.41) is 10.7. The topological polar surface area (TPSA) is 20.2 Å². The number of benzene rings is 1. The van der Waals surface area contributed by atoms with Gasteiger partial charge in [0, 0.05) is 0 Å². The fraction of sp³-hybridized carbons (Fsp3) is 0.571. The Morgan fingerprint density at radius 1 is 1.33 bits per heavy atom. The average molecular weight is 204 g/mol. The summed E-state index contributed by atoms with van der Waals surface area (Å²) in [6.07, 6.45) is 4.32. The van der Waals surface area contributed by atoms with Crippen LogP contribution in [0, 0.1) is 12.8 Å². The van der Waals surface area contributed by atoms with E-state index in [0.717, 1.165) is 24.8 Å². The highest BCUT2D eigenvalue weighted by Crippen LogP contribution is 2.44. The zero-order valence-corrected chi connectivity index (χ0v) is 9.66. The smallest absolute Gasteiger partial charge is 0.0924 e. The summed E-state index contributed by atoms with van der Waals surface area (Å²) in [5.41, 5.74) is 1.81. The third-order valence-corrected chi connectivity index (χ3v) is 3.83. The highest BCUT2D eigenvalue weighted by atomic mass is 16.3. The van der Waals surface area contributed by atoms with Crippen LogP contribution in [-0.2, 0) is 5.60 Å². The predicted molar refractivity (Wildman–Crippen MR) is 62.7 cm³/mol. The van der Waals surface area contributed by atoms with Crippen LogP contribution in [0.25, 0.3) is 0 Å². The molecule has 2 unspecified atom stereocenters. The molecule has 0 saturated heterocycles. The molecule has 1 nitrogen and oxygen atoms in total. The molecule has 2 atom stereocenters. The van der Waals surface area contributed by atoms with E-state index in [1.54, 1.807) is 0 Å². The maximum atomic E-state index is 10.7. The molecule has 1 aromatic carbocycles. The van der Waals surface area contributed by atoms with E-state index in [-0.39, 0.29) is 0 Å². The van der Waals surface area contributed by atoms with Crippen molar-refractivity contribution in [3.05, 3.63) is 35.4 Å². The lowest BCUT2D eigenvalue weighted by molar-refractivity contribution is -0.00387. The fourth-order valence-electron chi connectivity index (χ4n) is 2.82. The van der Waals surface area contributed by atoms with Gasteiger partial charge in [0.05, 0.1) is 5.60 Å². The van der Waals surface area contributed by atoms with Gasteiger partial charge in [-0.2, -0.15) is 0 Å². The van der Waals surface area contributed by atoms with Crippen LogP contribution in [-0.4, -0.2) is 5.11 Å². The van der Waals surface area contributed by atoms with Gasteiger partial charge in [-0.3, -0.25) is 0 Å². The second-order valence-corrected chi connectivity index (χ2v) is 4.79. The summed E-state index contributed by atoms with van der Waals surface area (Å²) in [4.78, 5) is 0. The summed E-state index contributed by atoms with van der Waals surface area (Å²) < 4.78 is 0. The molecule has 0 aromatic heterocycles. The van der Waals surface area contributed by atoms with Gasteiger partial charge in [0.1, 0.15) is 0 Å². The molecule has 2 rings (SSSR count). The number of rotatable bonds is 2. The van der Waals surface area contributed by atoms with E-state index in [2.05, 4.69) is 38.1 Å². The summed E-state index contributed by atoms with van der Waals surface area (Å²) >= 11 is 0. The van der Waals surface area contributed by atoms with Crippen molar-refractivity contribution < 1.29 is 5.11 Å². The van der Waals surface area contributed by atoms with Crippen LogP contribution >= 0.6 is 0 Å². The Balaban J connectivity index is 2.32. The summed E-state index contributed by atoms with van der Waals surface area (Å²) in [7, 11) is 0. The van der Waals surface area contributed by atoms with Crippen LogP contribution < -0.4 is 0 Å². The first-order valence-electron chi connectivity index (χ1n) is 5.96. The van der Waals surface area contributed by atoms with Crippen molar-refractivity contribution in [1.29, 1.82) is 0 Å². The molecule has 1 aliphatic rings. The maximum absolute atomic E-state index is 10.7. The SMILES string of the molecule is CCC1CCCC1(O)c1ccc(C)cc1. The van der Waals surface area contributed by atoms with Gasteiger partial charge in [-0.25, -0.2) is 0 Å². The first-order chi connectivity index (χ1) is 7.16. The standard InChI is InChI=1S/C14H20O/c1-3-12-5-4-10-14(12,15)13-8-6-11(2)7-9-13/h6-9,12,15H,3-5,10H2,1-2H3. The van der Waals surface area contributed by atoms with Crippen LogP contribution in [0.3, 0.4) is 0 Å². The minimum atomic E-state index is -0.553. The molecule has 1 N–H and O–H groups in total.